The van der Waals surface area contributed by atoms with Crippen molar-refractivity contribution >= 4 is 0 Å². The smallest absolute Gasteiger partial charge is 0.125 e. The third-order valence-electron chi connectivity index (χ3n) is 6.14. The molecule has 2 saturated heterocycles. The molecule has 146 valence electrons. The number of benzene rings is 1. The topological polar surface area (TPSA) is 24.3 Å². The summed E-state index contributed by atoms with van der Waals surface area (Å²) in [4.78, 5) is 5.25. The van der Waals surface area contributed by atoms with Gasteiger partial charge in [0, 0.05) is 31.9 Å². The van der Waals surface area contributed by atoms with E-state index >= 15 is 0 Å². The van der Waals surface area contributed by atoms with Gasteiger partial charge >= 0.3 is 0 Å². The molecule has 5 heteroatoms. The van der Waals surface area contributed by atoms with Crippen LogP contribution in [-0.4, -0.2) is 51.8 Å². The van der Waals surface area contributed by atoms with Crippen molar-refractivity contribution in [3.63, 3.8) is 0 Å². The average molecular weight is 371 g/mol. The van der Waals surface area contributed by atoms with E-state index in [9.17, 15) is 4.39 Å². The van der Waals surface area contributed by atoms with Gasteiger partial charge in [0.2, 0.25) is 0 Å². The van der Waals surface area contributed by atoms with Gasteiger partial charge in [-0.05, 0) is 75.9 Å². The number of likely N-dealkylation sites (tertiary alicyclic amines) is 2. The monoisotopic (exact) mass is 370 g/mol. The molecule has 2 aliphatic rings. The van der Waals surface area contributed by atoms with E-state index in [1.807, 2.05) is 12.3 Å². The van der Waals surface area contributed by atoms with E-state index < -0.39 is 0 Å². The van der Waals surface area contributed by atoms with E-state index in [2.05, 4.69) is 27.9 Å². The number of hydrogen-bond acceptors (Lipinski definition) is 3. The maximum atomic E-state index is 13.4. The Bertz CT molecular complexity index is 743. The molecule has 0 radical (unpaired) electrons. The molecular formula is C22H31FN4. The zero-order valence-corrected chi connectivity index (χ0v) is 16.4. The predicted octanol–water partition coefficient (Wildman–Crippen LogP) is 4.10. The first-order valence-corrected chi connectivity index (χ1v) is 10.4. The standard InChI is InChI=1S/C22H31FN4/c1-18-6-2-3-12-26(18)16-19-7-5-11-25(15-19)17-21-10-13-27(24-21)22-9-4-8-20(23)14-22/h4,8-10,13-14,18-19H,2-3,5-7,11-12,15-17H2,1H3. The maximum absolute atomic E-state index is 13.4. The number of halogens is 1. The molecule has 0 spiro atoms. The molecule has 1 aromatic carbocycles. The van der Waals surface area contributed by atoms with Crippen LogP contribution in [0.1, 0.15) is 44.7 Å². The molecule has 27 heavy (non-hydrogen) atoms. The number of hydrogen-bond donors (Lipinski definition) is 0. The van der Waals surface area contributed by atoms with Crippen LogP contribution in [0.15, 0.2) is 36.5 Å². The van der Waals surface area contributed by atoms with Crippen molar-refractivity contribution in [2.24, 2.45) is 5.92 Å². The molecule has 0 amide bonds. The number of rotatable bonds is 5. The maximum Gasteiger partial charge on any atom is 0.125 e. The predicted molar refractivity (Wildman–Crippen MR) is 106 cm³/mol. The summed E-state index contributed by atoms with van der Waals surface area (Å²) in [5.41, 5.74) is 1.84. The third-order valence-corrected chi connectivity index (χ3v) is 6.14. The lowest BCUT2D eigenvalue weighted by atomic mass is 9.94. The van der Waals surface area contributed by atoms with Crippen molar-refractivity contribution < 1.29 is 4.39 Å². The molecule has 1 aromatic heterocycles. The van der Waals surface area contributed by atoms with E-state index in [1.165, 1.54) is 57.3 Å². The highest BCUT2D eigenvalue weighted by molar-refractivity contribution is 5.31. The summed E-state index contributed by atoms with van der Waals surface area (Å²) in [5, 5.41) is 4.67. The fourth-order valence-electron chi connectivity index (χ4n) is 4.64. The molecule has 0 aliphatic carbocycles. The Morgan fingerprint density at radius 3 is 2.89 bits per heavy atom. The van der Waals surface area contributed by atoms with Crippen molar-refractivity contribution in [3.05, 3.63) is 48.0 Å². The lowest BCUT2D eigenvalue weighted by Crippen LogP contribution is -2.45. The molecule has 2 aliphatic heterocycles. The fraction of sp³-hybridized carbons (Fsp3) is 0.591. The van der Waals surface area contributed by atoms with Gasteiger partial charge in [0.05, 0.1) is 11.4 Å². The molecule has 0 bridgehead atoms. The van der Waals surface area contributed by atoms with Gasteiger partial charge in [0.15, 0.2) is 0 Å². The van der Waals surface area contributed by atoms with E-state index in [0.717, 1.165) is 43.0 Å². The van der Waals surface area contributed by atoms with Crippen LogP contribution in [0.3, 0.4) is 0 Å². The van der Waals surface area contributed by atoms with Gasteiger partial charge in [0.25, 0.3) is 0 Å². The highest BCUT2D eigenvalue weighted by Gasteiger charge is 2.26. The molecule has 3 heterocycles. The largest absolute Gasteiger partial charge is 0.300 e. The summed E-state index contributed by atoms with van der Waals surface area (Å²) >= 11 is 0. The molecule has 0 saturated carbocycles. The minimum Gasteiger partial charge on any atom is -0.300 e. The van der Waals surface area contributed by atoms with Crippen LogP contribution in [0.25, 0.3) is 5.69 Å². The van der Waals surface area contributed by atoms with Crippen molar-refractivity contribution in [3.8, 4) is 5.69 Å². The summed E-state index contributed by atoms with van der Waals surface area (Å²) in [6, 6.07) is 9.40. The van der Waals surface area contributed by atoms with Gasteiger partial charge in [-0.25, -0.2) is 9.07 Å². The fourth-order valence-corrected chi connectivity index (χ4v) is 4.64. The minimum absolute atomic E-state index is 0.227. The highest BCUT2D eigenvalue weighted by Crippen LogP contribution is 2.23. The first-order valence-electron chi connectivity index (χ1n) is 10.4. The molecule has 2 unspecified atom stereocenters. The second-order valence-electron chi connectivity index (χ2n) is 8.31. The summed E-state index contributed by atoms with van der Waals surface area (Å²) in [7, 11) is 0. The molecule has 4 nitrogen and oxygen atoms in total. The number of nitrogens with zero attached hydrogens (tertiary/aromatic N) is 4. The molecule has 2 fully saturated rings. The van der Waals surface area contributed by atoms with Crippen LogP contribution in [0.5, 0.6) is 0 Å². The summed E-state index contributed by atoms with van der Waals surface area (Å²) in [6.45, 7) is 8.10. The van der Waals surface area contributed by atoms with Crippen LogP contribution >= 0.6 is 0 Å². The average Bonchev–Trinajstić information content (AvgIpc) is 3.13. The lowest BCUT2D eigenvalue weighted by molar-refractivity contribution is 0.0907. The number of piperidine rings is 2. The quantitative estimate of drug-likeness (QED) is 0.792. The third kappa shape index (κ3) is 4.77. The van der Waals surface area contributed by atoms with E-state index in [4.69, 9.17) is 0 Å². The second-order valence-corrected chi connectivity index (χ2v) is 8.31. The zero-order valence-electron chi connectivity index (χ0n) is 16.4. The van der Waals surface area contributed by atoms with E-state index in [1.54, 1.807) is 10.7 Å². The van der Waals surface area contributed by atoms with Gasteiger partial charge < -0.3 is 4.90 Å². The van der Waals surface area contributed by atoms with Gasteiger partial charge in [-0.3, -0.25) is 4.90 Å². The normalized spacial score (nSPS) is 25.0. The molecule has 4 rings (SSSR count). The Hall–Kier alpha value is -1.72. The minimum atomic E-state index is -0.227. The van der Waals surface area contributed by atoms with Crippen LogP contribution in [0.2, 0.25) is 0 Å². The summed E-state index contributed by atoms with van der Waals surface area (Å²) in [6.07, 6.45) is 8.66. The Morgan fingerprint density at radius 2 is 2.04 bits per heavy atom. The lowest BCUT2D eigenvalue weighted by Gasteiger charge is -2.39. The van der Waals surface area contributed by atoms with E-state index in [-0.39, 0.29) is 5.82 Å². The van der Waals surface area contributed by atoms with E-state index in [0.29, 0.717) is 0 Å². The molecule has 2 atom stereocenters. The Labute approximate surface area is 162 Å². The molecular weight excluding hydrogens is 339 g/mol. The summed E-state index contributed by atoms with van der Waals surface area (Å²) in [5.74, 6) is 0.542. The van der Waals surface area contributed by atoms with Crippen LogP contribution < -0.4 is 0 Å². The van der Waals surface area contributed by atoms with Gasteiger partial charge in [-0.1, -0.05) is 12.5 Å². The van der Waals surface area contributed by atoms with Crippen LogP contribution in [-0.2, 0) is 6.54 Å². The van der Waals surface area contributed by atoms with Crippen molar-refractivity contribution in [2.45, 2.75) is 51.6 Å². The van der Waals surface area contributed by atoms with Gasteiger partial charge in [-0.15, -0.1) is 0 Å². The summed E-state index contributed by atoms with van der Waals surface area (Å²) < 4.78 is 15.2. The van der Waals surface area contributed by atoms with Crippen LogP contribution in [0.4, 0.5) is 4.39 Å². The Morgan fingerprint density at radius 1 is 1.11 bits per heavy atom. The van der Waals surface area contributed by atoms with Crippen molar-refractivity contribution in [2.75, 3.05) is 26.2 Å². The Kier molecular flexibility index (Phi) is 5.89. The first-order chi connectivity index (χ1) is 13.2. The Balaban J connectivity index is 1.34. The van der Waals surface area contributed by atoms with Gasteiger partial charge in [-0.2, -0.15) is 5.10 Å². The van der Waals surface area contributed by atoms with Crippen LogP contribution in [0, 0.1) is 11.7 Å². The zero-order chi connectivity index (χ0) is 18.6. The molecule has 0 N–H and O–H groups in total. The highest BCUT2D eigenvalue weighted by atomic mass is 19.1. The second kappa shape index (κ2) is 8.53. The van der Waals surface area contributed by atoms with Crippen molar-refractivity contribution in [1.82, 2.24) is 19.6 Å². The first kappa shape index (κ1) is 18.6. The van der Waals surface area contributed by atoms with Gasteiger partial charge in [0.1, 0.15) is 5.82 Å². The SMILES string of the molecule is CC1CCCCN1CC1CCCN(Cc2ccn(-c3cccc(F)c3)n2)C1. The number of aromatic nitrogens is 2. The molecule has 2 aromatic rings. The van der Waals surface area contributed by atoms with Crippen molar-refractivity contribution in [1.29, 1.82) is 0 Å².